The van der Waals surface area contributed by atoms with Crippen LogP contribution in [0.25, 0.3) is 0 Å². The Balaban J connectivity index is 2.02. The third kappa shape index (κ3) is 3.52. The molecule has 2 unspecified atom stereocenters. The summed E-state index contributed by atoms with van der Waals surface area (Å²) < 4.78 is 10.9. The van der Waals surface area contributed by atoms with Crippen LogP contribution in [0.4, 0.5) is 0 Å². The highest BCUT2D eigenvalue weighted by Crippen LogP contribution is 2.23. The summed E-state index contributed by atoms with van der Waals surface area (Å²) in [5, 5.41) is 10.3. The molecule has 0 aromatic heterocycles. The van der Waals surface area contributed by atoms with Gasteiger partial charge < -0.3 is 14.6 Å². The minimum Gasteiger partial charge on any atom is -0.497 e. The molecule has 1 N–H and O–H groups in total. The number of aryl methyl sites for hydroxylation is 1. The van der Waals surface area contributed by atoms with Gasteiger partial charge >= 0.3 is 0 Å². The highest BCUT2D eigenvalue weighted by Gasteiger charge is 2.17. The van der Waals surface area contributed by atoms with Crippen molar-refractivity contribution in [2.24, 2.45) is 0 Å². The van der Waals surface area contributed by atoms with Crippen molar-refractivity contribution in [3.8, 4) is 11.5 Å². The average molecular weight is 272 g/mol. The molecular formula is C17H20O3. The summed E-state index contributed by atoms with van der Waals surface area (Å²) in [5.74, 6) is 1.49. The van der Waals surface area contributed by atoms with Crippen LogP contribution in [0.2, 0.25) is 0 Å². The van der Waals surface area contributed by atoms with Crippen LogP contribution in [0, 0.1) is 6.92 Å². The minimum atomic E-state index is -0.655. The second-order valence-corrected chi connectivity index (χ2v) is 4.85. The Bertz CT molecular complexity index is 531. The van der Waals surface area contributed by atoms with E-state index in [0.29, 0.717) is 5.75 Å². The van der Waals surface area contributed by atoms with Crippen molar-refractivity contribution in [3.63, 3.8) is 0 Å². The molecule has 0 saturated heterocycles. The molecule has 3 heteroatoms. The van der Waals surface area contributed by atoms with Crippen molar-refractivity contribution >= 4 is 0 Å². The number of ether oxygens (including phenoxy) is 2. The summed E-state index contributed by atoms with van der Waals surface area (Å²) in [6.07, 6.45) is -0.983. The van der Waals surface area contributed by atoms with E-state index in [2.05, 4.69) is 0 Å². The molecule has 0 fully saturated rings. The number of benzene rings is 2. The Kier molecular flexibility index (Phi) is 4.64. The van der Waals surface area contributed by atoms with Gasteiger partial charge in [0.05, 0.1) is 7.11 Å². The van der Waals surface area contributed by atoms with Gasteiger partial charge in [-0.1, -0.05) is 29.8 Å². The Hall–Kier alpha value is -2.00. The quantitative estimate of drug-likeness (QED) is 0.905. The van der Waals surface area contributed by atoms with Gasteiger partial charge in [-0.3, -0.25) is 0 Å². The Labute approximate surface area is 119 Å². The first-order chi connectivity index (χ1) is 9.60. The number of aliphatic hydroxyl groups is 1. The van der Waals surface area contributed by atoms with Crippen molar-refractivity contribution in [1.82, 2.24) is 0 Å². The van der Waals surface area contributed by atoms with E-state index in [-0.39, 0.29) is 6.10 Å². The van der Waals surface area contributed by atoms with Crippen LogP contribution in [-0.2, 0) is 0 Å². The first kappa shape index (κ1) is 14.4. The summed E-state index contributed by atoms with van der Waals surface area (Å²) in [6.45, 7) is 3.88. The van der Waals surface area contributed by atoms with Crippen molar-refractivity contribution in [3.05, 3.63) is 59.7 Å². The van der Waals surface area contributed by atoms with Crippen LogP contribution in [0.15, 0.2) is 48.5 Å². The zero-order valence-corrected chi connectivity index (χ0v) is 12.0. The molecule has 0 aliphatic heterocycles. The molecule has 0 bridgehead atoms. The van der Waals surface area contributed by atoms with Crippen molar-refractivity contribution in [2.75, 3.05) is 7.11 Å². The largest absolute Gasteiger partial charge is 0.497 e. The fourth-order valence-corrected chi connectivity index (χ4v) is 1.97. The molecule has 2 aromatic rings. The van der Waals surface area contributed by atoms with Gasteiger partial charge in [-0.2, -0.15) is 0 Å². The van der Waals surface area contributed by atoms with E-state index < -0.39 is 6.10 Å². The first-order valence-electron chi connectivity index (χ1n) is 6.65. The lowest BCUT2D eigenvalue weighted by molar-refractivity contribution is 0.0467. The lowest BCUT2D eigenvalue weighted by atomic mass is 10.0. The van der Waals surface area contributed by atoms with Gasteiger partial charge in [-0.05, 0) is 43.7 Å². The first-order valence-corrected chi connectivity index (χ1v) is 6.65. The molecule has 20 heavy (non-hydrogen) atoms. The monoisotopic (exact) mass is 272 g/mol. The molecule has 0 aliphatic rings. The van der Waals surface area contributed by atoms with Gasteiger partial charge in [0.25, 0.3) is 0 Å². The lowest BCUT2D eigenvalue weighted by Crippen LogP contribution is -2.21. The Morgan fingerprint density at radius 2 is 1.45 bits per heavy atom. The van der Waals surface area contributed by atoms with E-state index >= 15 is 0 Å². The van der Waals surface area contributed by atoms with E-state index in [1.807, 2.05) is 62.4 Å². The molecule has 3 nitrogen and oxygen atoms in total. The minimum absolute atomic E-state index is 0.328. The molecule has 0 spiro atoms. The molecular weight excluding hydrogens is 252 g/mol. The zero-order chi connectivity index (χ0) is 14.5. The molecule has 0 heterocycles. The van der Waals surface area contributed by atoms with Gasteiger partial charge in [0.1, 0.15) is 23.7 Å². The second kappa shape index (κ2) is 6.44. The number of rotatable bonds is 5. The van der Waals surface area contributed by atoms with Crippen LogP contribution in [0.3, 0.4) is 0 Å². The average Bonchev–Trinajstić information content (AvgIpc) is 2.48. The summed E-state index contributed by atoms with van der Waals surface area (Å²) >= 11 is 0. The predicted octanol–water partition coefficient (Wildman–Crippen LogP) is 3.50. The number of hydrogen-bond acceptors (Lipinski definition) is 3. The SMILES string of the molecule is COc1ccc(OC(C)C(O)c2ccc(C)cc2)cc1. The number of methoxy groups -OCH3 is 1. The number of aliphatic hydroxyl groups excluding tert-OH is 1. The molecule has 2 aromatic carbocycles. The predicted molar refractivity (Wildman–Crippen MR) is 79.2 cm³/mol. The normalized spacial score (nSPS) is 13.6. The molecule has 0 aliphatic carbocycles. The van der Waals surface area contributed by atoms with Crippen molar-refractivity contribution < 1.29 is 14.6 Å². The van der Waals surface area contributed by atoms with E-state index in [1.165, 1.54) is 5.56 Å². The van der Waals surface area contributed by atoms with E-state index in [4.69, 9.17) is 9.47 Å². The van der Waals surface area contributed by atoms with Crippen LogP contribution in [-0.4, -0.2) is 18.3 Å². The lowest BCUT2D eigenvalue weighted by Gasteiger charge is -2.21. The fraction of sp³-hybridized carbons (Fsp3) is 0.294. The van der Waals surface area contributed by atoms with Gasteiger partial charge in [-0.15, -0.1) is 0 Å². The third-order valence-corrected chi connectivity index (χ3v) is 3.24. The maximum absolute atomic E-state index is 10.3. The molecule has 0 amide bonds. The van der Waals surface area contributed by atoms with Gasteiger partial charge in [0, 0.05) is 0 Å². The van der Waals surface area contributed by atoms with Gasteiger partial charge in [0.2, 0.25) is 0 Å². The Morgan fingerprint density at radius 1 is 0.900 bits per heavy atom. The highest BCUT2D eigenvalue weighted by molar-refractivity contribution is 5.31. The Morgan fingerprint density at radius 3 is 2.00 bits per heavy atom. The van der Waals surface area contributed by atoms with Crippen LogP contribution >= 0.6 is 0 Å². The smallest absolute Gasteiger partial charge is 0.126 e. The summed E-state index contributed by atoms with van der Waals surface area (Å²) in [6, 6.07) is 15.1. The van der Waals surface area contributed by atoms with E-state index in [1.54, 1.807) is 7.11 Å². The molecule has 2 rings (SSSR count). The summed E-state index contributed by atoms with van der Waals surface area (Å²) in [4.78, 5) is 0. The molecule has 106 valence electrons. The zero-order valence-electron chi connectivity index (χ0n) is 12.0. The molecule has 0 radical (unpaired) electrons. The van der Waals surface area contributed by atoms with Gasteiger partial charge in [-0.25, -0.2) is 0 Å². The molecule has 0 saturated carbocycles. The highest BCUT2D eigenvalue weighted by atomic mass is 16.5. The number of hydrogen-bond donors (Lipinski definition) is 1. The van der Waals surface area contributed by atoms with E-state index in [0.717, 1.165) is 11.3 Å². The van der Waals surface area contributed by atoms with E-state index in [9.17, 15) is 5.11 Å². The van der Waals surface area contributed by atoms with Crippen LogP contribution in [0.1, 0.15) is 24.2 Å². The van der Waals surface area contributed by atoms with Gasteiger partial charge in [0.15, 0.2) is 0 Å². The third-order valence-electron chi connectivity index (χ3n) is 3.24. The maximum atomic E-state index is 10.3. The van der Waals surface area contributed by atoms with Crippen molar-refractivity contribution in [2.45, 2.75) is 26.1 Å². The summed E-state index contributed by atoms with van der Waals surface area (Å²) in [5.41, 5.74) is 2.03. The topological polar surface area (TPSA) is 38.7 Å². The molecule has 2 atom stereocenters. The second-order valence-electron chi connectivity index (χ2n) is 4.85. The van der Waals surface area contributed by atoms with Crippen LogP contribution < -0.4 is 9.47 Å². The maximum Gasteiger partial charge on any atom is 0.126 e. The van der Waals surface area contributed by atoms with Crippen LogP contribution in [0.5, 0.6) is 11.5 Å². The summed E-state index contributed by atoms with van der Waals surface area (Å²) in [7, 11) is 1.62. The fourth-order valence-electron chi connectivity index (χ4n) is 1.97. The standard InChI is InChI=1S/C17H20O3/c1-12-4-6-14(7-5-12)17(18)13(2)20-16-10-8-15(19-3)9-11-16/h4-11,13,17-18H,1-3H3. The van der Waals surface area contributed by atoms with Crippen molar-refractivity contribution in [1.29, 1.82) is 0 Å².